The topological polar surface area (TPSA) is 62.3 Å². The Bertz CT molecular complexity index is 518. The van der Waals surface area contributed by atoms with Crippen LogP contribution in [0.3, 0.4) is 0 Å². The molecule has 1 aromatic rings. The largest absolute Gasteiger partial charge is 0.345 e. The molecule has 0 aromatic carbocycles. The molecule has 0 bridgehead atoms. The first-order valence-corrected chi connectivity index (χ1v) is 8.60. The third kappa shape index (κ3) is 5.05. The van der Waals surface area contributed by atoms with Gasteiger partial charge in [-0.2, -0.15) is 0 Å². The lowest BCUT2D eigenvalue weighted by atomic mass is 9.86. The van der Waals surface area contributed by atoms with Crippen molar-refractivity contribution < 1.29 is 9.59 Å². The van der Waals surface area contributed by atoms with E-state index in [-0.39, 0.29) is 6.04 Å². The number of aromatic nitrogens is 1. The Morgan fingerprint density at radius 2 is 1.96 bits per heavy atom. The molecule has 0 aliphatic heterocycles. The van der Waals surface area contributed by atoms with E-state index in [9.17, 15) is 9.59 Å². The average molecular weight is 317 g/mol. The lowest BCUT2D eigenvalue weighted by molar-refractivity contribution is -0.146. The van der Waals surface area contributed by atoms with E-state index in [1.54, 1.807) is 17.3 Å². The minimum atomic E-state index is -0.458. The van der Waals surface area contributed by atoms with Crippen LogP contribution in [-0.2, 0) is 16.0 Å². The molecule has 1 heterocycles. The summed E-state index contributed by atoms with van der Waals surface area (Å²) in [4.78, 5) is 30.2. The molecule has 1 aliphatic carbocycles. The maximum Gasteiger partial charge on any atom is 0.311 e. The number of pyridine rings is 1. The van der Waals surface area contributed by atoms with Crippen LogP contribution >= 0.6 is 0 Å². The molecule has 0 radical (unpaired) electrons. The number of amides is 2. The predicted molar refractivity (Wildman–Crippen MR) is 89.8 cm³/mol. The molecule has 2 unspecified atom stereocenters. The molecule has 2 atom stereocenters. The van der Waals surface area contributed by atoms with Crippen molar-refractivity contribution in [3.05, 3.63) is 30.1 Å². The molecule has 2 amide bonds. The number of nitrogens with zero attached hydrogens (tertiary/aromatic N) is 2. The summed E-state index contributed by atoms with van der Waals surface area (Å²) in [5.41, 5.74) is 1.12. The SMILES string of the molecule is CCN(CCc1ccncc1)C(=O)C(=O)NC1CCCCC1C. The summed E-state index contributed by atoms with van der Waals surface area (Å²) in [6, 6.07) is 4.00. The van der Waals surface area contributed by atoms with E-state index in [0.717, 1.165) is 31.2 Å². The molecule has 2 rings (SSSR count). The first kappa shape index (κ1) is 17.4. The molecule has 1 N–H and O–H groups in total. The van der Waals surface area contributed by atoms with E-state index >= 15 is 0 Å². The van der Waals surface area contributed by atoms with E-state index < -0.39 is 11.8 Å². The monoisotopic (exact) mass is 317 g/mol. The fourth-order valence-corrected chi connectivity index (χ4v) is 3.12. The van der Waals surface area contributed by atoms with Crippen LogP contribution in [0.2, 0.25) is 0 Å². The van der Waals surface area contributed by atoms with Crippen molar-refractivity contribution in [1.82, 2.24) is 15.2 Å². The van der Waals surface area contributed by atoms with Crippen molar-refractivity contribution in [2.45, 2.75) is 52.0 Å². The predicted octanol–water partition coefficient (Wildman–Crippen LogP) is 2.17. The van der Waals surface area contributed by atoms with E-state index in [1.807, 2.05) is 19.1 Å². The second-order valence-electron chi connectivity index (χ2n) is 6.33. The highest BCUT2D eigenvalue weighted by atomic mass is 16.2. The Hall–Kier alpha value is -1.91. The van der Waals surface area contributed by atoms with Gasteiger partial charge in [0.25, 0.3) is 0 Å². The van der Waals surface area contributed by atoms with Crippen molar-refractivity contribution in [3.63, 3.8) is 0 Å². The summed E-state index contributed by atoms with van der Waals surface area (Å²) in [7, 11) is 0. The highest BCUT2D eigenvalue weighted by molar-refractivity contribution is 6.35. The molecular formula is C18H27N3O2. The lowest BCUT2D eigenvalue weighted by Crippen LogP contribution is -2.49. The van der Waals surface area contributed by atoms with Crippen LogP contribution in [0.1, 0.15) is 45.1 Å². The van der Waals surface area contributed by atoms with Gasteiger partial charge in [0, 0.05) is 31.5 Å². The van der Waals surface area contributed by atoms with Crippen LogP contribution in [-0.4, -0.2) is 40.8 Å². The molecule has 23 heavy (non-hydrogen) atoms. The molecule has 0 saturated heterocycles. The standard InChI is InChI=1S/C18H27N3O2/c1-3-21(13-10-15-8-11-19-12-9-15)18(23)17(22)20-16-7-5-4-6-14(16)2/h8-9,11-12,14,16H,3-7,10,13H2,1-2H3,(H,20,22). The molecule has 1 fully saturated rings. The fourth-order valence-electron chi connectivity index (χ4n) is 3.12. The Morgan fingerprint density at radius 1 is 1.26 bits per heavy atom. The van der Waals surface area contributed by atoms with E-state index in [2.05, 4.69) is 17.2 Å². The van der Waals surface area contributed by atoms with Crippen LogP contribution in [0.15, 0.2) is 24.5 Å². The fraction of sp³-hybridized carbons (Fsp3) is 0.611. The summed E-state index contributed by atoms with van der Waals surface area (Å²) in [5, 5.41) is 2.94. The highest BCUT2D eigenvalue weighted by Gasteiger charge is 2.27. The Morgan fingerprint density at radius 3 is 2.61 bits per heavy atom. The molecule has 5 heteroatoms. The van der Waals surface area contributed by atoms with Crippen molar-refractivity contribution in [2.24, 2.45) is 5.92 Å². The lowest BCUT2D eigenvalue weighted by Gasteiger charge is -2.30. The van der Waals surface area contributed by atoms with Crippen molar-refractivity contribution in [1.29, 1.82) is 0 Å². The number of carbonyl (C=O) groups excluding carboxylic acids is 2. The smallest absolute Gasteiger partial charge is 0.311 e. The van der Waals surface area contributed by atoms with Crippen molar-refractivity contribution >= 4 is 11.8 Å². The third-order valence-corrected chi connectivity index (χ3v) is 4.71. The second-order valence-corrected chi connectivity index (χ2v) is 6.33. The number of hydrogen-bond donors (Lipinski definition) is 1. The summed E-state index contributed by atoms with van der Waals surface area (Å²) in [6.45, 7) is 5.14. The summed E-state index contributed by atoms with van der Waals surface area (Å²) in [5.74, 6) is -0.424. The highest BCUT2D eigenvalue weighted by Crippen LogP contribution is 2.23. The van der Waals surface area contributed by atoms with Crippen LogP contribution in [0.5, 0.6) is 0 Å². The number of nitrogens with one attached hydrogen (secondary N) is 1. The van der Waals surface area contributed by atoms with Gasteiger partial charge in [0.15, 0.2) is 0 Å². The molecule has 0 spiro atoms. The minimum Gasteiger partial charge on any atom is -0.345 e. The van der Waals surface area contributed by atoms with Gasteiger partial charge in [-0.15, -0.1) is 0 Å². The molecule has 1 aromatic heterocycles. The molecule has 1 saturated carbocycles. The van der Waals surface area contributed by atoms with Gasteiger partial charge < -0.3 is 10.2 Å². The molecular weight excluding hydrogens is 290 g/mol. The third-order valence-electron chi connectivity index (χ3n) is 4.71. The molecule has 126 valence electrons. The van der Waals surface area contributed by atoms with Crippen LogP contribution in [0, 0.1) is 5.92 Å². The van der Waals surface area contributed by atoms with Crippen LogP contribution < -0.4 is 5.32 Å². The number of hydrogen-bond acceptors (Lipinski definition) is 3. The van der Waals surface area contributed by atoms with Crippen LogP contribution in [0.4, 0.5) is 0 Å². The second kappa shape index (κ2) is 8.65. The first-order valence-electron chi connectivity index (χ1n) is 8.60. The van der Waals surface area contributed by atoms with Crippen LogP contribution in [0.25, 0.3) is 0 Å². The first-order chi connectivity index (χ1) is 11.1. The van der Waals surface area contributed by atoms with Gasteiger partial charge in [0.05, 0.1) is 0 Å². The van der Waals surface area contributed by atoms with Gasteiger partial charge in [-0.3, -0.25) is 14.6 Å². The van der Waals surface area contributed by atoms with Gasteiger partial charge in [0.2, 0.25) is 0 Å². The maximum absolute atomic E-state index is 12.4. The Balaban J connectivity index is 1.86. The van der Waals surface area contributed by atoms with Crippen molar-refractivity contribution in [3.8, 4) is 0 Å². The number of rotatable bonds is 5. The number of carbonyl (C=O) groups is 2. The quantitative estimate of drug-likeness (QED) is 0.847. The number of likely N-dealkylation sites (N-methyl/N-ethyl adjacent to an activating group) is 1. The Labute approximate surface area is 138 Å². The van der Waals surface area contributed by atoms with E-state index in [1.165, 1.54) is 6.42 Å². The minimum absolute atomic E-state index is 0.138. The van der Waals surface area contributed by atoms with Gasteiger partial charge in [0.1, 0.15) is 0 Å². The summed E-state index contributed by atoms with van der Waals surface area (Å²) in [6.07, 6.45) is 8.66. The summed E-state index contributed by atoms with van der Waals surface area (Å²) < 4.78 is 0. The summed E-state index contributed by atoms with van der Waals surface area (Å²) >= 11 is 0. The maximum atomic E-state index is 12.4. The zero-order valence-corrected chi connectivity index (χ0v) is 14.1. The zero-order chi connectivity index (χ0) is 16.7. The molecule has 1 aliphatic rings. The normalized spacial score (nSPS) is 20.8. The van der Waals surface area contributed by atoms with Gasteiger partial charge >= 0.3 is 11.8 Å². The van der Waals surface area contributed by atoms with Gasteiger partial charge in [-0.05, 0) is 49.8 Å². The Kier molecular flexibility index (Phi) is 6.56. The zero-order valence-electron chi connectivity index (χ0n) is 14.1. The molecule has 5 nitrogen and oxygen atoms in total. The average Bonchev–Trinajstić information content (AvgIpc) is 2.58. The van der Waals surface area contributed by atoms with Gasteiger partial charge in [-0.1, -0.05) is 19.8 Å². The van der Waals surface area contributed by atoms with Gasteiger partial charge in [-0.25, -0.2) is 0 Å². The van der Waals surface area contributed by atoms with E-state index in [4.69, 9.17) is 0 Å². The van der Waals surface area contributed by atoms with Crippen molar-refractivity contribution in [2.75, 3.05) is 13.1 Å². The van der Waals surface area contributed by atoms with E-state index in [0.29, 0.717) is 19.0 Å².